The molecule has 3 rings (SSSR count). The van der Waals surface area contributed by atoms with Crippen LogP contribution in [0.2, 0.25) is 10.0 Å². The number of rotatable bonds is 4. The summed E-state index contributed by atoms with van der Waals surface area (Å²) in [5.41, 5.74) is 3.55. The van der Waals surface area contributed by atoms with Crippen molar-refractivity contribution in [3.8, 4) is 0 Å². The molecule has 0 amide bonds. The zero-order chi connectivity index (χ0) is 15.5. The van der Waals surface area contributed by atoms with E-state index in [0.29, 0.717) is 5.02 Å². The highest BCUT2D eigenvalue weighted by molar-refractivity contribution is 6.35. The second-order valence-corrected chi connectivity index (χ2v) is 6.55. The molecule has 0 radical (unpaired) electrons. The standard InChI is InChI=1S/C17H19Cl2N3/c1-2-3-17-20-9-13-11-22(7-6-16(13)21-17)10-12-4-5-14(18)8-15(12)19/h4-5,8-9H,2-3,6-7,10-11H2,1H3. The smallest absolute Gasteiger partial charge is 0.128 e. The second-order valence-electron chi connectivity index (χ2n) is 5.70. The van der Waals surface area contributed by atoms with E-state index in [1.54, 1.807) is 6.07 Å². The first-order valence-corrected chi connectivity index (χ1v) is 8.41. The largest absolute Gasteiger partial charge is 0.294 e. The van der Waals surface area contributed by atoms with Gasteiger partial charge in [0.15, 0.2) is 0 Å². The van der Waals surface area contributed by atoms with E-state index in [9.17, 15) is 0 Å². The predicted molar refractivity (Wildman–Crippen MR) is 90.3 cm³/mol. The minimum atomic E-state index is 0.676. The van der Waals surface area contributed by atoms with Crippen LogP contribution in [0.1, 0.15) is 36.0 Å². The fourth-order valence-corrected chi connectivity index (χ4v) is 3.25. The van der Waals surface area contributed by atoms with Gasteiger partial charge in [-0.25, -0.2) is 9.97 Å². The van der Waals surface area contributed by atoms with E-state index in [-0.39, 0.29) is 0 Å². The molecule has 3 nitrogen and oxygen atoms in total. The summed E-state index contributed by atoms with van der Waals surface area (Å²) in [4.78, 5) is 11.5. The number of aromatic nitrogens is 2. The molecule has 2 heterocycles. The highest BCUT2D eigenvalue weighted by Gasteiger charge is 2.19. The summed E-state index contributed by atoms with van der Waals surface area (Å²) >= 11 is 12.2. The first-order chi connectivity index (χ1) is 10.7. The maximum atomic E-state index is 6.27. The molecule has 1 aliphatic heterocycles. The third-order valence-electron chi connectivity index (χ3n) is 3.95. The van der Waals surface area contributed by atoms with Gasteiger partial charge in [0.05, 0.1) is 0 Å². The number of aryl methyl sites for hydroxylation is 1. The van der Waals surface area contributed by atoms with Crippen LogP contribution in [-0.4, -0.2) is 21.4 Å². The fourth-order valence-electron chi connectivity index (χ4n) is 2.79. The molecule has 0 bridgehead atoms. The van der Waals surface area contributed by atoms with Gasteiger partial charge in [0.25, 0.3) is 0 Å². The average molecular weight is 336 g/mol. The van der Waals surface area contributed by atoms with Gasteiger partial charge in [-0.05, 0) is 24.1 Å². The Labute approximate surface area is 141 Å². The molecule has 0 atom stereocenters. The topological polar surface area (TPSA) is 29.0 Å². The third kappa shape index (κ3) is 3.60. The van der Waals surface area contributed by atoms with E-state index < -0.39 is 0 Å². The summed E-state index contributed by atoms with van der Waals surface area (Å²) in [6, 6.07) is 5.69. The summed E-state index contributed by atoms with van der Waals surface area (Å²) in [6.45, 7) is 4.85. The lowest BCUT2D eigenvalue weighted by molar-refractivity contribution is 0.242. The van der Waals surface area contributed by atoms with E-state index in [1.165, 1.54) is 11.3 Å². The molecule has 0 unspecified atom stereocenters. The third-order valence-corrected chi connectivity index (χ3v) is 4.53. The Morgan fingerprint density at radius 3 is 2.91 bits per heavy atom. The highest BCUT2D eigenvalue weighted by Crippen LogP contribution is 2.24. The lowest BCUT2D eigenvalue weighted by atomic mass is 10.1. The molecule has 0 aliphatic carbocycles. The van der Waals surface area contributed by atoms with E-state index in [1.807, 2.05) is 18.3 Å². The van der Waals surface area contributed by atoms with Crippen LogP contribution < -0.4 is 0 Å². The Hall–Kier alpha value is -1.16. The lowest BCUT2D eigenvalue weighted by Crippen LogP contribution is -2.31. The Kier molecular flexibility index (Phi) is 4.97. The van der Waals surface area contributed by atoms with Crippen LogP contribution in [0.4, 0.5) is 0 Å². The number of fused-ring (bicyclic) bond motifs is 1. The molecule has 0 N–H and O–H groups in total. The van der Waals surface area contributed by atoms with Crippen molar-refractivity contribution >= 4 is 23.2 Å². The molecule has 116 valence electrons. The highest BCUT2D eigenvalue weighted by atomic mass is 35.5. The first-order valence-electron chi connectivity index (χ1n) is 7.65. The Balaban J connectivity index is 1.71. The zero-order valence-electron chi connectivity index (χ0n) is 12.6. The van der Waals surface area contributed by atoms with Crippen LogP contribution in [0.5, 0.6) is 0 Å². The van der Waals surface area contributed by atoms with Crippen molar-refractivity contribution in [2.45, 2.75) is 39.3 Å². The fraction of sp³-hybridized carbons (Fsp3) is 0.412. The SMILES string of the molecule is CCCc1ncc2c(n1)CCN(Cc1ccc(Cl)cc1Cl)C2. The summed E-state index contributed by atoms with van der Waals surface area (Å²) in [6.07, 6.45) is 5.00. The van der Waals surface area contributed by atoms with E-state index in [2.05, 4.69) is 16.8 Å². The summed E-state index contributed by atoms with van der Waals surface area (Å²) in [5.74, 6) is 0.968. The minimum Gasteiger partial charge on any atom is -0.294 e. The van der Waals surface area contributed by atoms with Gasteiger partial charge in [-0.1, -0.05) is 36.2 Å². The van der Waals surface area contributed by atoms with Gasteiger partial charge in [0, 0.05) is 60.0 Å². The molecule has 0 saturated heterocycles. The molecule has 0 fully saturated rings. The first kappa shape index (κ1) is 15.7. The Morgan fingerprint density at radius 2 is 2.14 bits per heavy atom. The number of hydrogen-bond acceptors (Lipinski definition) is 3. The number of halogens is 2. The monoisotopic (exact) mass is 335 g/mol. The normalized spacial score (nSPS) is 14.9. The van der Waals surface area contributed by atoms with Crippen LogP contribution in [0.25, 0.3) is 0 Å². The lowest BCUT2D eigenvalue weighted by Gasteiger charge is -2.28. The van der Waals surface area contributed by atoms with Crippen LogP contribution in [-0.2, 0) is 25.9 Å². The number of nitrogens with zero attached hydrogens (tertiary/aromatic N) is 3. The molecule has 2 aromatic rings. The molecule has 1 aliphatic rings. The second kappa shape index (κ2) is 6.95. The van der Waals surface area contributed by atoms with Gasteiger partial charge in [0.1, 0.15) is 5.82 Å². The van der Waals surface area contributed by atoms with Gasteiger partial charge < -0.3 is 0 Å². The van der Waals surface area contributed by atoms with Crippen molar-refractivity contribution < 1.29 is 0 Å². The van der Waals surface area contributed by atoms with E-state index in [0.717, 1.165) is 55.3 Å². The van der Waals surface area contributed by atoms with Crippen molar-refractivity contribution in [2.75, 3.05) is 6.54 Å². The Bertz CT molecular complexity index is 673. The van der Waals surface area contributed by atoms with Crippen molar-refractivity contribution in [3.05, 3.63) is 57.1 Å². The van der Waals surface area contributed by atoms with Crippen LogP contribution in [0.15, 0.2) is 24.4 Å². The van der Waals surface area contributed by atoms with Gasteiger partial charge in [-0.2, -0.15) is 0 Å². The van der Waals surface area contributed by atoms with Gasteiger partial charge in [-0.3, -0.25) is 4.90 Å². The molecule has 22 heavy (non-hydrogen) atoms. The predicted octanol–water partition coefficient (Wildman–Crippen LogP) is 4.29. The molecule has 1 aromatic carbocycles. The summed E-state index contributed by atoms with van der Waals surface area (Å²) < 4.78 is 0. The van der Waals surface area contributed by atoms with Crippen molar-refractivity contribution in [1.29, 1.82) is 0 Å². The van der Waals surface area contributed by atoms with Crippen molar-refractivity contribution in [2.24, 2.45) is 0 Å². The van der Waals surface area contributed by atoms with Gasteiger partial charge in [-0.15, -0.1) is 0 Å². The van der Waals surface area contributed by atoms with Gasteiger partial charge in [0.2, 0.25) is 0 Å². The van der Waals surface area contributed by atoms with E-state index in [4.69, 9.17) is 28.2 Å². The molecule has 1 aromatic heterocycles. The maximum absolute atomic E-state index is 6.27. The van der Waals surface area contributed by atoms with E-state index >= 15 is 0 Å². The number of hydrogen-bond donors (Lipinski definition) is 0. The summed E-state index contributed by atoms with van der Waals surface area (Å²) in [5, 5.41) is 1.41. The molecule has 5 heteroatoms. The van der Waals surface area contributed by atoms with Gasteiger partial charge >= 0.3 is 0 Å². The van der Waals surface area contributed by atoms with Crippen LogP contribution in [0, 0.1) is 0 Å². The van der Waals surface area contributed by atoms with Crippen LogP contribution >= 0.6 is 23.2 Å². The molecule has 0 saturated carbocycles. The Morgan fingerprint density at radius 1 is 1.27 bits per heavy atom. The van der Waals surface area contributed by atoms with Crippen molar-refractivity contribution in [3.63, 3.8) is 0 Å². The quantitative estimate of drug-likeness (QED) is 0.834. The molecular weight excluding hydrogens is 317 g/mol. The molecular formula is C17H19Cl2N3. The minimum absolute atomic E-state index is 0.676. The van der Waals surface area contributed by atoms with Crippen molar-refractivity contribution in [1.82, 2.24) is 14.9 Å². The maximum Gasteiger partial charge on any atom is 0.128 e. The van der Waals surface area contributed by atoms with Crippen LogP contribution in [0.3, 0.4) is 0 Å². The zero-order valence-corrected chi connectivity index (χ0v) is 14.2. The number of benzene rings is 1. The summed E-state index contributed by atoms with van der Waals surface area (Å²) in [7, 11) is 0. The average Bonchev–Trinajstić information content (AvgIpc) is 2.50. The molecule has 0 spiro atoms.